The maximum atomic E-state index is 13.0. The largest absolute Gasteiger partial charge is 0.483 e. The van der Waals surface area contributed by atoms with E-state index in [0.29, 0.717) is 31.5 Å². The van der Waals surface area contributed by atoms with Gasteiger partial charge >= 0.3 is 5.97 Å². The second-order valence-electron chi connectivity index (χ2n) is 8.81. The lowest BCUT2D eigenvalue weighted by molar-refractivity contribution is -0.151. The van der Waals surface area contributed by atoms with Crippen molar-refractivity contribution in [2.24, 2.45) is 12.5 Å². The predicted molar refractivity (Wildman–Crippen MR) is 115 cm³/mol. The number of cyclic esters (lactones) is 1. The third-order valence-corrected chi connectivity index (χ3v) is 6.84. The summed E-state index contributed by atoms with van der Waals surface area (Å²) in [6, 6.07) is 1.85. The molecule has 3 aliphatic rings. The maximum absolute atomic E-state index is 13.0. The molecule has 32 heavy (non-hydrogen) atoms. The van der Waals surface area contributed by atoms with Crippen molar-refractivity contribution in [2.75, 3.05) is 32.7 Å². The molecule has 1 unspecified atom stereocenters. The molecule has 0 aromatic carbocycles. The van der Waals surface area contributed by atoms with Gasteiger partial charge in [0.25, 0.3) is 12.4 Å². The van der Waals surface area contributed by atoms with Crippen molar-refractivity contribution in [1.82, 2.24) is 24.6 Å². The van der Waals surface area contributed by atoms with Crippen molar-refractivity contribution in [3.05, 3.63) is 24.0 Å². The van der Waals surface area contributed by atoms with Crippen LogP contribution in [0.2, 0.25) is 0 Å². The Hall–Kier alpha value is -3.01. The zero-order valence-electron chi connectivity index (χ0n) is 18.3. The predicted octanol–water partition coefficient (Wildman–Crippen LogP) is 1.30. The van der Waals surface area contributed by atoms with Gasteiger partial charge < -0.3 is 14.7 Å². The molecule has 2 aromatic heterocycles. The minimum atomic E-state index is -0.411. The maximum Gasteiger partial charge on any atom is 0.312 e. The molecular formula is C22H29N5O5. The van der Waals surface area contributed by atoms with Crippen LogP contribution in [0.3, 0.4) is 0 Å². The van der Waals surface area contributed by atoms with E-state index >= 15 is 0 Å². The van der Waals surface area contributed by atoms with Crippen LogP contribution in [0.5, 0.6) is 0 Å². The summed E-state index contributed by atoms with van der Waals surface area (Å²) in [5.41, 5.74) is 1.77. The van der Waals surface area contributed by atoms with Gasteiger partial charge in [-0.3, -0.25) is 28.9 Å². The fourth-order valence-electron chi connectivity index (χ4n) is 5.06. The summed E-state index contributed by atoms with van der Waals surface area (Å²) >= 11 is 0. The first-order valence-electron chi connectivity index (χ1n) is 11.0. The van der Waals surface area contributed by atoms with Crippen LogP contribution in [0.15, 0.2) is 18.5 Å². The van der Waals surface area contributed by atoms with Crippen molar-refractivity contribution in [2.45, 2.75) is 38.2 Å². The van der Waals surface area contributed by atoms with Gasteiger partial charge in [0.15, 0.2) is 0 Å². The lowest BCUT2D eigenvalue weighted by Crippen LogP contribution is -2.45. The van der Waals surface area contributed by atoms with E-state index in [1.165, 1.54) is 12.8 Å². The molecule has 2 aromatic rings. The number of pyridine rings is 1. The molecule has 1 N–H and O–H groups in total. The Morgan fingerprint density at radius 2 is 1.94 bits per heavy atom. The number of hydrogen-bond donors (Lipinski definition) is 1. The average Bonchev–Trinajstić information content (AvgIpc) is 3.50. The molecule has 1 spiro atoms. The van der Waals surface area contributed by atoms with Gasteiger partial charge in [0.1, 0.15) is 11.6 Å². The number of rotatable bonds is 3. The molecule has 0 saturated carbocycles. The SMILES string of the molecule is Cn1ncc2ncc(C(=O)N3CCC4(CC3)CC(CN3CCCC3)OC4=O)cc21.O=CO. The number of carbonyl (C=O) groups is 3. The van der Waals surface area contributed by atoms with Crippen molar-refractivity contribution in [1.29, 1.82) is 0 Å². The third-order valence-electron chi connectivity index (χ3n) is 6.84. The number of carboxylic acid groups (broad SMARTS) is 1. The van der Waals surface area contributed by atoms with Crippen LogP contribution in [-0.2, 0) is 21.4 Å². The Kier molecular flexibility index (Phi) is 6.40. The van der Waals surface area contributed by atoms with Crippen LogP contribution < -0.4 is 0 Å². The van der Waals surface area contributed by atoms with Gasteiger partial charge in [-0.05, 0) is 44.8 Å². The summed E-state index contributed by atoms with van der Waals surface area (Å²) in [5, 5.41) is 11.1. The molecule has 0 aliphatic carbocycles. The highest BCUT2D eigenvalue weighted by molar-refractivity contribution is 5.96. The molecule has 3 aliphatic heterocycles. The van der Waals surface area contributed by atoms with Crippen LogP contribution >= 0.6 is 0 Å². The fourth-order valence-corrected chi connectivity index (χ4v) is 5.06. The zero-order valence-corrected chi connectivity index (χ0v) is 18.3. The standard InChI is InChI=1S/C21H27N5O3.CH2O2/c1-24-18-10-15(12-22-17(18)13-23-24)19(27)26-8-4-21(5-9-26)11-16(29-20(21)28)14-25-6-2-3-7-25;2-1-3/h10,12-13,16H,2-9,11,14H2,1H3;1H,(H,2,3). The van der Waals surface area contributed by atoms with Crippen LogP contribution in [0.25, 0.3) is 11.0 Å². The van der Waals surface area contributed by atoms with E-state index in [1.54, 1.807) is 17.1 Å². The summed E-state index contributed by atoms with van der Waals surface area (Å²) in [4.78, 5) is 42.6. The van der Waals surface area contributed by atoms with Crippen LogP contribution in [0.1, 0.15) is 42.5 Å². The highest BCUT2D eigenvalue weighted by atomic mass is 16.6. The monoisotopic (exact) mass is 443 g/mol. The van der Waals surface area contributed by atoms with Crippen molar-refractivity contribution < 1.29 is 24.2 Å². The molecule has 10 nitrogen and oxygen atoms in total. The van der Waals surface area contributed by atoms with Gasteiger partial charge in [0.2, 0.25) is 0 Å². The number of carbonyl (C=O) groups excluding carboxylic acids is 2. The number of amides is 1. The summed E-state index contributed by atoms with van der Waals surface area (Å²) < 4.78 is 7.47. The Balaban J connectivity index is 0.000000775. The highest BCUT2D eigenvalue weighted by Gasteiger charge is 2.51. The third kappa shape index (κ3) is 4.32. The lowest BCUT2D eigenvalue weighted by atomic mass is 9.76. The molecule has 5 heterocycles. The number of aromatic nitrogens is 3. The topological polar surface area (TPSA) is 118 Å². The van der Waals surface area contributed by atoms with E-state index in [-0.39, 0.29) is 24.5 Å². The summed E-state index contributed by atoms with van der Waals surface area (Å²) in [7, 11) is 1.84. The molecule has 0 radical (unpaired) electrons. The van der Waals surface area contributed by atoms with E-state index in [0.717, 1.165) is 37.1 Å². The van der Waals surface area contributed by atoms with Crippen molar-refractivity contribution in [3.63, 3.8) is 0 Å². The number of aryl methyl sites for hydroxylation is 1. The van der Waals surface area contributed by atoms with E-state index in [9.17, 15) is 9.59 Å². The molecule has 3 saturated heterocycles. The smallest absolute Gasteiger partial charge is 0.312 e. The molecule has 1 atom stereocenters. The number of piperidine rings is 1. The Morgan fingerprint density at radius 1 is 1.25 bits per heavy atom. The van der Waals surface area contributed by atoms with Crippen molar-refractivity contribution >= 4 is 29.4 Å². The van der Waals surface area contributed by atoms with Gasteiger partial charge in [-0.1, -0.05) is 0 Å². The van der Waals surface area contributed by atoms with Gasteiger partial charge in [0.05, 0.1) is 22.7 Å². The molecule has 1 amide bonds. The molecule has 3 fully saturated rings. The minimum Gasteiger partial charge on any atom is -0.483 e. The van der Waals surface area contributed by atoms with E-state index in [1.807, 2.05) is 18.0 Å². The normalized spacial score (nSPS) is 22.6. The molecule has 10 heteroatoms. The second kappa shape index (κ2) is 9.23. The van der Waals surface area contributed by atoms with E-state index < -0.39 is 5.41 Å². The molecule has 5 rings (SSSR count). The lowest BCUT2D eigenvalue weighted by Gasteiger charge is -2.36. The summed E-state index contributed by atoms with van der Waals surface area (Å²) in [5.74, 6) is -0.0952. The van der Waals surface area contributed by atoms with E-state index in [4.69, 9.17) is 14.6 Å². The van der Waals surface area contributed by atoms with Crippen LogP contribution in [-0.4, -0.2) is 86.8 Å². The Labute approximate surface area is 186 Å². The molecule has 0 bridgehead atoms. The highest BCUT2D eigenvalue weighted by Crippen LogP contribution is 2.43. The number of esters is 1. The first-order chi connectivity index (χ1) is 15.5. The van der Waals surface area contributed by atoms with Crippen LogP contribution in [0.4, 0.5) is 0 Å². The summed E-state index contributed by atoms with van der Waals surface area (Å²) in [6.07, 6.45) is 7.92. The van der Waals surface area contributed by atoms with Crippen LogP contribution in [0, 0.1) is 5.41 Å². The van der Waals surface area contributed by atoms with E-state index in [2.05, 4.69) is 15.0 Å². The Bertz CT molecular complexity index is 992. The number of ether oxygens (including phenoxy) is 1. The number of hydrogen-bond acceptors (Lipinski definition) is 7. The quantitative estimate of drug-likeness (QED) is 0.557. The van der Waals surface area contributed by atoms with Gasteiger partial charge in [-0.2, -0.15) is 5.10 Å². The van der Waals surface area contributed by atoms with Crippen molar-refractivity contribution in [3.8, 4) is 0 Å². The number of likely N-dealkylation sites (tertiary alicyclic amines) is 2. The first-order valence-corrected chi connectivity index (χ1v) is 11.0. The Morgan fingerprint density at radius 3 is 2.62 bits per heavy atom. The summed E-state index contributed by atoms with van der Waals surface area (Å²) in [6.45, 7) is 3.98. The molecule has 172 valence electrons. The molecular weight excluding hydrogens is 414 g/mol. The number of nitrogens with zero attached hydrogens (tertiary/aromatic N) is 5. The second-order valence-corrected chi connectivity index (χ2v) is 8.81. The number of fused-ring (bicyclic) bond motifs is 1. The van der Waals surface area contributed by atoms with Gasteiger partial charge in [-0.15, -0.1) is 0 Å². The zero-order chi connectivity index (χ0) is 22.7. The first kappa shape index (κ1) is 22.2. The van der Waals surface area contributed by atoms with Gasteiger partial charge in [-0.25, -0.2) is 0 Å². The average molecular weight is 444 g/mol. The fraction of sp³-hybridized carbons (Fsp3) is 0.591. The minimum absolute atomic E-state index is 0.000648. The van der Waals surface area contributed by atoms with Gasteiger partial charge in [0, 0.05) is 39.3 Å².